The average molecular weight is 370 g/mol. The number of hydrogen-bond donors (Lipinski definition) is 2. The molecule has 1 unspecified atom stereocenters. The van der Waals surface area contributed by atoms with Gasteiger partial charge in [0.05, 0.1) is 11.8 Å². The maximum atomic E-state index is 13.6. The number of nitrogens with one attached hydrogen (secondary N) is 2. The molecule has 2 amide bonds. The third-order valence-corrected chi connectivity index (χ3v) is 4.02. The average Bonchev–Trinajstić information content (AvgIpc) is 3.31. The number of nitrogens with zero attached hydrogens (tertiary/aromatic N) is 2. The highest BCUT2D eigenvalue weighted by Crippen LogP contribution is 2.21. The van der Waals surface area contributed by atoms with E-state index in [9.17, 15) is 14.0 Å². The Kier molecular flexibility index (Phi) is 5.65. The standard InChI is InChI=1S/C19H19FN4O3/c1-24-9-8-21-18(24)17(13-3-2-4-15(20)11-13)23-16(25)5-7-22-19(26)14-6-10-27-12-14/h2-4,6,8-12,17H,5,7H2,1H3,(H,22,26)(H,23,25). The molecule has 2 aromatic heterocycles. The Bertz CT molecular complexity index is 921. The van der Waals surface area contributed by atoms with Gasteiger partial charge in [0.15, 0.2) is 0 Å². The van der Waals surface area contributed by atoms with Gasteiger partial charge in [-0.1, -0.05) is 12.1 Å². The molecule has 1 atom stereocenters. The van der Waals surface area contributed by atoms with Crippen molar-refractivity contribution < 1.29 is 18.4 Å². The minimum atomic E-state index is -0.599. The van der Waals surface area contributed by atoms with Crippen molar-refractivity contribution in [2.45, 2.75) is 12.5 Å². The number of aryl methyl sites for hydroxylation is 1. The summed E-state index contributed by atoms with van der Waals surface area (Å²) in [5.41, 5.74) is 0.973. The van der Waals surface area contributed by atoms with E-state index < -0.39 is 11.9 Å². The molecule has 140 valence electrons. The predicted molar refractivity (Wildman–Crippen MR) is 95.3 cm³/mol. The van der Waals surface area contributed by atoms with Crippen LogP contribution >= 0.6 is 0 Å². The molecule has 3 rings (SSSR count). The Hall–Kier alpha value is -3.42. The lowest BCUT2D eigenvalue weighted by atomic mass is 10.1. The highest BCUT2D eigenvalue weighted by atomic mass is 19.1. The second-order valence-electron chi connectivity index (χ2n) is 5.97. The topological polar surface area (TPSA) is 89.2 Å². The van der Waals surface area contributed by atoms with Crippen molar-refractivity contribution in [2.75, 3.05) is 6.54 Å². The van der Waals surface area contributed by atoms with E-state index >= 15 is 0 Å². The molecule has 1 aromatic carbocycles. The minimum absolute atomic E-state index is 0.0693. The first-order valence-electron chi connectivity index (χ1n) is 8.37. The number of rotatable bonds is 7. The van der Waals surface area contributed by atoms with Gasteiger partial charge in [0, 0.05) is 32.4 Å². The van der Waals surface area contributed by atoms with E-state index in [0.717, 1.165) is 0 Å². The van der Waals surface area contributed by atoms with Crippen LogP contribution in [0.3, 0.4) is 0 Å². The second-order valence-corrected chi connectivity index (χ2v) is 5.97. The molecule has 2 heterocycles. The van der Waals surface area contributed by atoms with Crippen LogP contribution in [-0.2, 0) is 11.8 Å². The van der Waals surface area contributed by atoms with Crippen LogP contribution in [0.25, 0.3) is 0 Å². The monoisotopic (exact) mass is 370 g/mol. The Balaban J connectivity index is 1.64. The number of aromatic nitrogens is 2. The molecular formula is C19H19FN4O3. The number of benzene rings is 1. The van der Waals surface area contributed by atoms with Crippen molar-refractivity contribution in [1.82, 2.24) is 20.2 Å². The maximum absolute atomic E-state index is 13.6. The number of furan rings is 1. The molecule has 0 spiro atoms. The van der Waals surface area contributed by atoms with Gasteiger partial charge in [0.1, 0.15) is 23.9 Å². The molecule has 0 aliphatic carbocycles. The van der Waals surface area contributed by atoms with Crippen LogP contribution in [-0.4, -0.2) is 27.9 Å². The Labute approximate surface area is 155 Å². The molecule has 0 radical (unpaired) electrons. The molecule has 0 aliphatic rings. The van der Waals surface area contributed by atoms with Crippen molar-refractivity contribution in [3.63, 3.8) is 0 Å². The Morgan fingerprint density at radius 3 is 2.85 bits per heavy atom. The summed E-state index contributed by atoms with van der Waals surface area (Å²) in [6.07, 6.45) is 6.16. The third-order valence-electron chi connectivity index (χ3n) is 4.02. The van der Waals surface area contributed by atoms with Crippen LogP contribution in [0, 0.1) is 5.82 Å². The van der Waals surface area contributed by atoms with Gasteiger partial charge in [-0.3, -0.25) is 9.59 Å². The van der Waals surface area contributed by atoms with E-state index in [1.54, 1.807) is 36.1 Å². The summed E-state index contributed by atoms with van der Waals surface area (Å²) in [5.74, 6) is -0.424. The van der Waals surface area contributed by atoms with E-state index in [2.05, 4.69) is 15.6 Å². The summed E-state index contributed by atoms with van der Waals surface area (Å²) in [5, 5.41) is 5.50. The maximum Gasteiger partial charge on any atom is 0.254 e. The largest absolute Gasteiger partial charge is 0.472 e. The Morgan fingerprint density at radius 1 is 1.33 bits per heavy atom. The first kappa shape index (κ1) is 18.4. The van der Waals surface area contributed by atoms with Gasteiger partial charge in [0.2, 0.25) is 5.91 Å². The lowest BCUT2D eigenvalue weighted by molar-refractivity contribution is -0.121. The molecule has 27 heavy (non-hydrogen) atoms. The van der Waals surface area contributed by atoms with Gasteiger partial charge >= 0.3 is 0 Å². The molecular weight excluding hydrogens is 351 g/mol. The van der Waals surface area contributed by atoms with Crippen LogP contribution in [0.15, 0.2) is 59.7 Å². The summed E-state index contributed by atoms with van der Waals surface area (Å²) in [4.78, 5) is 28.5. The summed E-state index contributed by atoms with van der Waals surface area (Å²) in [7, 11) is 1.80. The number of amides is 2. The molecule has 0 saturated carbocycles. The van der Waals surface area contributed by atoms with Crippen LogP contribution < -0.4 is 10.6 Å². The third kappa shape index (κ3) is 4.60. The fraction of sp³-hybridized carbons (Fsp3) is 0.211. The smallest absolute Gasteiger partial charge is 0.254 e. The zero-order valence-electron chi connectivity index (χ0n) is 14.7. The zero-order chi connectivity index (χ0) is 19.2. The molecule has 2 N–H and O–H groups in total. The van der Waals surface area contributed by atoms with E-state index in [1.807, 2.05) is 0 Å². The van der Waals surface area contributed by atoms with E-state index in [-0.39, 0.29) is 24.8 Å². The number of carbonyl (C=O) groups is 2. The first-order chi connectivity index (χ1) is 13.0. The van der Waals surface area contributed by atoms with Crippen molar-refractivity contribution in [1.29, 1.82) is 0 Å². The zero-order valence-corrected chi connectivity index (χ0v) is 14.7. The summed E-state index contributed by atoms with van der Waals surface area (Å²) in [6, 6.07) is 6.95. The van der Waals surface area contributed by atoms with Gasteiger partial charge in [-0.2, -0.15) is 0 Å². The van der Waals surface area contributed by atoms with Crippen LogP contribution in [0.1, 0.15) is 34.2 Å². The van der Waals surface area contributed by atoms with E-state index in [1.165, 1.54) is 30.7 Å². The van der Waals surface area contributed by atoms with E-state index in [4.69, 9.17) is 4.42 Å². The fourth-order valence-electron chi connectivity index (χ4n) is 2.66. The fourth-order valence-corrected chi connectivity index (χ4v) is 2.66. The van der Waals surface area contributed by atoms with Crippen LogP contribution in [0.2, 0.25) is 0 Å². The number of carbonyl (C=O) groups excluding carboxylic acids is 2. The van der Waals surface area contributed by atoms with Crippen molar-refractivity contribution >= 4 is 11.8 Å². The van der Waals surface area contributed by atoms with Crippen molar-refractivity contribution in [3.05, 3.63) is 78.0 Å². The van der Waals surface area contributed by atoms with Crippen LogP contribution in [0.4, 0.5) is 4.39 Å². The second kappa shape index (κ2) is 8.31. The molecule has 8 heteroatoms. The van der Waals surface area contributed by atoms with Gasteiger partial charge in [0.25, 0.3) is 5.91 Å². The first-order valence-corrected chi connectivity index (χ1v) is 8.37. The quantitative estimate of drug-likeness (QED) is 0.667. The molecule has 7 nitrogen and oxygen atoms in total. The highest BCUT2D eigenvalue weighted by molar-refractivity contribution is 5.94. The SMILES string of the molecule is Cn1ccnc1C(NC(=O)CCNC(=O)c1ccoc1)c1cccc(F)c1. The molecule has 0 fully saturated rings. The van der Waals surface area contributed by atoms with Crippen LogP contribution in [0.5, 0.6) is 0 Å². The summed E-state index contributed by atoms with van der Waals surface area (Å²) >= 11 is 0. The van der Waals surface area contributed by atoms with Gasteiger partial charge < -0.3 is 19.6 Å². The van der Waals surface area contributed by atoms with Gasteiger partial charge in [-0.15, -0.1) is 0 Å². The van der Waals surface area contributed by atoms with Crippen molar-refractivity contribution in [3.8, 4) is 0 Å². The molecule has 3 aromatic rings. The lowest BCUT2D eigenvalue weighted by Gasteiger charge is -2.19. The summed E-state index contributed by atoms with van der Waals surface area (Å²) < 4.78 is 20.2. The molecule has 0 bridgehead atoms. The molecule has 0 aliphatic heterocycles. The summed E-state index contributed by atoms with van der Waals surface area (Å²) in [6.45, 7) is 0.159. The lowest BCUT2D eigenvalue weighted by Crippen LogP contribution is -2.34. The number of hydrogen-bond acceptors (Lipinski definition) is 4. The highest BCUT2D eigenvalue weighted by Gasteiger charge is 2.21. The minimum Gasteiger partial charge on any atom is -0.472 e. The molecule has 0 saturated heterocycles. The number of halogens is 1. The van der Waals surface area contributed by atoms with Crippen molar-refractivity contribution in [2.24, 2.45) is 7.05 Å². The predicted octanol–water partition coefficient (Wildman–Crippen LogP) is 2.18. The normalized spacial score (nSPS) is 11.8. The van der Waals surface area contributed by atoms with Gasteiger partial charge in [-0.05, 0) is 23.8 Å². The van der Waals surface area contributed by atoms with Gasteiger partial charge in [-0.25, -0.2) is 9.37 Å². The van der Waals surface area contributed by atoms with E-state index in [0.29, 0.717) is 17.0 Å². The Morgan fingerprint density at radius 2 is 2.19 bits per heavy atom. The number of imidazole rings is 1.